The minimum Gasteiger partial charge on any atom is -0.481 e. The molecule has 14 heavy (non-hydrogen) atoms. The lowest BCUT2D eigenvalue weighted by Gasteiger charge is -2.06. The van der Waals surface area contributed by atoms with Gasteiger partial charge >= 0.3 is 5.97 Å². The van der Waals surface area contributed by atoms with Crippen LogP contribution < -0.4 is 5.73 Å². The standard InChI is InChI=1S/C7H11NO5S/c1-2-14(12,13)4-6(9)5(8)3-7(10)11/h2,5H,1,3-4,8H2,(H,10,11)/t5-/m0/s1. The number of carboxylic acids is 1. The van der Waals surface area contributed by atoms with Gasteiger partial charge < -0.3 is 10.8 Å². The molecular formula is C7H11NO5S. The van der Waals surface area contributed by atoms with Crippen molar-refractivity contribution in [3.8, 4) is 0 Å². The van der Waals surface area contributed by atoms with Crippen LogP contribution in [0.5, 0.6) is 0 Å². The first kappa shape index (κ1) is 12.8. The smallest absolute Gasteiger partial charge is 0.305 e. The molecule has 0 saturated carbocycles. The van der Waals surface area contributed by atoms with Gasteiger partial charge in [0.15, 0.2) is 15.6 Å². The zero-order chi connectivity index (χ0) is 11.4. The molecular weight excluding hydrogens is 210 g/mol. The first-order chi connectivity index (χ1) is 6.28. The van der Waals surface area contributed by atoms with Gasteiger partial charge in [-0.25, -0.2) is 8.42 Å². The largest absolute Gasteiger partial charge is 0.481 e. The second-order valence-electron chi connectivity index (χ2n) is 2.64. The van der Waals surface area contributed by atoms with Crippen LogP contribution in [0, 0.1) is 0 Å². The van der Waals surface area contributed by atoms with Crippen molar-refractivity contribution in [1.29, 1.82) is 0 Å². The Morgan fingerprint density at radius 1 is 1.50 bits per heavy atom. The van der Waals surface area contributed by atoms with Crippen LogP contribution in [0.15, 0.2) is 12.0 Å². The Bertz CT molecular complexity index is 345. The van der Waals surface area contributed by atoms with Gasteiger partial charge in [-0.3, -0.25) is 9.59 Å². The summed E-state index contributed by atoms with van der Waals surface area (Å²) < 4.78 is 21.7. The molecule has 80 valence electrons. The molecule has 0 aromatic rings. The quantitative estimate of drug-likeness (QED) is 0.589. The molecule has 7 heteroatoms. The van der Waals surface area contributed by atoms with E-state index in [1.807, 2.05) is 0 Å². The summed E-state index contributed by atoms with van der Waals surface area (Å²) in [4.78, 5) is 21.2. The highest BCUT2D eigenvalue weighted by atomic mass is 32.2. The average Bonchev–Trinajstić information content (AvgIpc) is 2.02. The van der Waals surface area contributed by atoms with Crippen LogP contribution in [0.2, 0.25) is 0 Å². The summed E-state index contributed by atoms with van der Waals surface area (Å²) in [6.45, 7) is 3.01. The Morgan fingerprint density at radius 2 is 2.00 bits per heavy atom. The van der Waals surface area contributed by atoms with E-state index in [-0.39, 0.29) is 0 Å². The van der Waals surface area contributed by atoms with Crippen molar-refractivity contribution in [1.82, 2.24) is 0 Å². The van der Waals surface area contributed by atoms with Gasteiger partial charge in [-0.1, -0.05) is 6.58 Å². The van der Waals surface area contributed by atoms with Gasteiger partial charge in [-0.2, -0.15) is 0 Å². The molecule has 0 aromatic heterocycles. The number of sulfone groups is 1. The molecule has 0 aliphatic rings. The highest BCUT2D eigenvalue weighted by Crippen LogP contribution is 1.97. The van der Waals surface area contributed by atoms with E-state index in [9.17, 15) is 18.0 Å². The van der Waals surface area contributed by atoms with Gasteiger partial charge in [-0.15, -0.1) is 0 Å². The fraction of sp³-hybridized carbons (Fsp3) is 0.429. The van der Waals surface area contributed by atoms with E-state index in [0.29, 0.717) is 5.41 Å². The van der Waals surface area contributed by atoms with Gasteiger partial charge in [0.25, 0.3) is 0 Å². The molecule has 0 unspecified atom stereocenters. The Hall–Kier alpha value is -1.21. The van der Waals surface area contributed by atoms with Gasteiger partial charge in [-0.05, 0) is 0 Å². The van der Waals surface area contributed by atoms with Crippen LogP contribution in [-0.2, 0) is 19.4 Å². The number of hydrogen-bond acceptors (Lipinski definition) is 5. The number of carbonyl (C=O) groups is 2. The topological polar surface area (TPSA) is 115 Å². The van der Waals surface area contributed by atoms with E-state index >= 15 is 0 Å². The Kier molecular flexibility index (Phi) is 4.45. The third kappa shape index (κ3) is 4.73. The molecule has 0 spiro atoms. The number of carbonyl (C=O) groups excluding carboxylic acids is 1. The van der Waals surface area contributed by atoms with Gasteiger partial charge in [0, 0.05) is 5.41 Å². The van der Waals surface area contributed by atoms with E-state index in [2.05, 4.69) is 6.58 Å². The predicted octanol–water partition coefficient (Wildman–Crippen LogP) is -1.08. The molecule has 0 aliphatic carbocycles. The second kappa shape index (κ2) is 4.87. The van der Waals surface area contributed by atoms with E-state index < -0.39 is 39.8 Å². The average molecular weight is 221 g/mol. The van der Waals surface area contributed by atoms with Gasteiger partial charge in [0.05, 0.1) is 12.5 Å². The van der Waals surface area contributed by atoms with E-state index in [1.54, 1.807) is 0 Å². The summed E-state index contributed by atoms with van der Waals surface area (Å²) in [5, 5.41) is 8.92. The minimum atomic E-state index is -3.66. The van der Waals surface area contributed by atoms with Crippen molar-refractivity contribution < 1.29 is 23.1 Å². The fourth-order valence-electron chi connectivity index (χ4n) is 0.666. The summed E-state index contributed by atoms with van der Waals surface area (Å²) in [5.74, 6) is -2.88. The van der Waals surface area contributed by atoms with E-state index in [1.165, 1.54) is 0 Å². The molecule has 0 bridgehead atoms. The summed E-state index contributed by atoms with van der Waals surface area (Å²) in [6, 6.07) is -1.29. The highest BCUT2D eigenvalue weighted by molar-refractivity contribution is 7.94. The maximum atomic E-state index is 11.0. The second-order valence-corrected chi connectivity index (χ2v) is 4.59. The number of nitrogens with two attached hydrogens (primary N) is 1. The zero-order valence-electron chi connectivity index (χ0n) is 7.34. The van der Waals surface area contributed by atoms with Crippen LogP contribution >= 0.6 is 0 Å². The SMILES string of the molecule is C=CS(=O)(=O)CC(=O)[C@@H](N)CC(=O)O. The third-order valence-electron chi connectivity index (χ3n) is 1.41. The van der Waals surface area contributed by atoms with Crippen LogP contribution in [0.1, 0.15) is 6.42 Å². The Labute approximate surface area is 81.3 Å². The first-order valence-corrected chi connectivity index (χ1v) is 5.35. The van der Waals surface area contributed by atoms with Gasteiger partial charge in [0.2, 0.25) is 0 Å². The molecule has 0 aliphatic heterocycles. The number of aliphatic carboxylic acids is 1. The lowest BCUT2D eigenvalue weighted by Crippen LogP contribution is -2.36. The lowest BCUT2D eigenvalue weighted by atomic mass is 10.1. The molecule has 6 nitrogen and oxygen atoms in total. The molecule has 1 atom stereocenters. The number of carboxylic acid groups (broad SMARTS) is 1. The Balaban J connectivity index is 4.36. The molecule has 0 heterocycles. The van der Waals surface area contributed by atoms with Crippen molar-refractivity contribution in [2.24, 2.45) is 5.73 Å². The molecule has 3 N–H and O–H groups in total. The van der Waals surface area contributed by atoms with Crippen molar-refractivity contribution in [2.75, 3.05) is 5.75 Å². The van der Waals surface area contributed by atoms with Crippen molar-refractivity contribution in [3.05, 3.63) is 12.0 Å². The summed E-state index contributed by atoms with van der Waals surface area (Å²) in [6.07, 6.45) is -0.578. The third-order valence-corrected chi connectivity index (χ3v) is 2.60. The lowest BCUT2D eigenvalue weighted by molar-refractivity contribution is -0.138. The first-order valence-electron chi connectivity index (χ1n) is 3.64. The fourth-order valence-corrected chi connectivity index (χ4v) is 1.39. The van der Waals surface area contributed by atoms with Crippen molar-refractivity contribution >= 4 is 21.6 Å². The normalized spacial score (nSPS) is 13.2. The molecule has 0 fully saturated rings. The summed E-state index contributed by atoms with van der Waals surface area (Å²) >= 11 is 0. The molecule has 0 saturated heterocycles. The van der Waals surface area contributed by atoms with Gasteiger partial charge in [0.1, 0.15) is 5.75 Å². The summed E-state index contributed by atoms with van der Waals surface area (Å²) in [5.41, 5.74) is 5.15. The monoisotopic (exact) mass is 221 g/mol. The molecule has 0 amide bonds. The zero-order valence-corrected chi connectivity index (χ0v) is 8.16. The molecule has 0 aromatic carbocycles. The number of rotatable bonds is 6. The van der Waals surface area contributed by atoms with Crippen molar-refractivity contribution in [3.63, 3.8) is 0 Å². The summed E-state index contributed by atoms with van der Waals surface area (Å²) in [7, 11) is -3.66. The van der Waals surface area contributed by atoms with Crippen LogP contribution in [0.4, 0.5) is 0 Å². The number of ketones is 1. The van der Waals surface area contributed by atoms with E-state index in [0.717, 1.165) is 0 Å². The highest BCUT2D eigenvalue weighted by Gasteiger charge is 2.21. The van der Waals surface area contributed by atoms with E-state index in [4.69, 9.17) is 10.8 Å². The van der Waals surface area contributed by atoms with Crippen molar-refractivity contribution in [2.45, 2.75) is 12.5 Å². The van der Waals surface area contributed by atoms with Crippen LogP contribution in [0.3, 0.4) is 0 Å². The minimum absolute atomic E-state index is 0.578. The molecule has 0 radical (unpaired) electrons. The molecule has 0 rings (SSSR count). The maximum Gasteiger partial charge on any atom is 0.305 e. The number of Topliss-reactive ketones (excluding diaryl/α,β-unsaturated/α-hetero) is 1. The Morgan fingerprint density at radius 3 is 2.36 bits per heavy atom. The van der Waals surface area contributed by atoms with Crippen LogP contribution in [0.25, 0.3) is 0 Å². The predicted molar refractivity (Wildman–Crippen MR) is 49.2 cm³/mol. The van der Waals surface area contributed by atoms with Crippen LogP contribution in [-0.4, -0.2) is 37.1 Å². The number of hydrogen-bond donors (Lipinski definition) is 2. The maximum absolute atomic E-state index is 11.0.